The third-order valence-corrected chi connectivity index (χ3v) is 3.31. The zero-order chi connectivity index (χ0) is 13.9. The molecule has 7 heteroatoms. The molecule has 0 aliphatic carbocycles. The smallest absolute Gasteiger partial charge is 0.342 e. The van der Waals surface area contributed by atoms with Gasteiger partial charge in [0, 0.05) is 10.0 Å². The number of phenols is 1. The molecule has 3 N–H and O–H groups in total. The van der Waals surface area contributed by atoms with Crippen LogP contribution in [0.1, 0.15) is 18.5 Å². The number of alkyl halides is 1. The van der Waals surface area contributed by atoms with Gasteiger partial charge in [0.05, 0.1) is 17.1 Å². The van der Waals surface area contributed by atoms with E-state index < -0.39 is 18.2 Å². The van der Waals surface area contributed by atoms with Crippen molar-refractivity contribution in [1.29, 1.82) is 0 Å². The summed E-state index contributed by atoms with van der Waals surface area (Å²) in [5, 5.41) is 9.79. The largest absolute Gasteiger partial charge is 0.506 e. The SMILES string of the molecule is CCOC(=O)C(F)[C@@H](N)c1cc(Br)cc(Br)c1O. The number of phenolic OH excluding ortho intramolecular Hbond substituents is 1. The molecule has 0 bridgehead atoms. The van der Waals surface area contributed by atoms with Crippen molar-refractivity contribution in [2.45, 2.75) is 19.1 Å². The first-order chi connectivity index (χ1) is 8.38. The molecular weight excluding hydrogens is 373 g/mol. The van der Waals surface area contributed by atoms with Gasteiger partial charge < -0.3 is 15.6 Å². The van der Waals surface area contributed by atoms with Crippen LogP contribution in [0.15, 0.2) is 21.1 Å². The van der Waals surface area contributed by atoms with E-state index >= 15 is 0 Å². The van der Waals surface area contributed by atoms with Crippen LogP contribution >= 0.6 is 31.9 Å². The lowest BCUT2D eigenvalue weighted by Gasteiger charge is -2.18. The fourth-order valence-electron chi connectivity index (χ4n) is 1.37. The average Bonchev–Trinajstić information content (AvgIpc) is 2.32. The van der Waals surface area contributed by atoms with E-state index in [4.69, 9.17) is 5.73 Å². The van der Waals surface area contributed by atoms with Crippen LogP contribution in [0.3, 0.4) is 0 Å². The molecule has 0 aliphatic rings. The minimum absolute atomic E-state index is 0.0696. The van der Waals surface area contributed by atoms with Crippen molar-refractivity contribution in [3.63, 3.8) is 0 Å². The highest BCUT2D eigenvalue weighted by Crippen LogP contribution is 2.36. The molecule has 1 rings (SSSR count). The Kier molecular flexibility index (Phi) is 5.55. The van der Waals surface area contributed by atoms with Gasteiger partial charge in [-0.05, 0) is 35.0 Å². The van der Waals surface area contributed by atoms with Gasteiger partial charge >= 0.3 is 5.97 Å². The number of halogens is 3. The van der Waals surface area contributed by atoms with E-state index in [1.165, 1.54) is 6.07 Å². The molecule has 0 saturated heterocycles. The van der Waals surface area contributed by atoms with Crippen molar-refractivity contribution in [3.05, 3.63) is 26.6 Å². The number of hydrogen-bond donors (Lipinski definition) is 2. The van der Waals surface area contributed by atoms with Gasteiger partial charge in [0.1, 0.15) is 5.75 Å². The second-order valence-electron chi connectivity index (χ2n) is 3.51. The number of carbonyl (C=O) groups excluding carboxylic acids is 1. The van der Waals surface area contributed by atoms with Crippen LogP contribution in [-0.4, -0.2) is 23.9 Å². The summed E-state index contributed by atoms with van der Waals surface area (Å²) >= 11 is 6.30. The summed E-state index contributed by atoms with van der Waals surface area (Å²) in [4.78, 5) is 11.3. The molecule has 0 saturated carbocycles. The maximum absolute atomic E-state index is 13.8. The number of esters is 1. The van der Waals surface area contributed by atoms with Gasteiger partial charge in [-0.1, -0.05) is 15.9 Å². The lowest BCUT2D eigenvalue weighted by Crippen LogP contribution is -2.31. The first-order valence-corrected chi connectivity index (χ1v) is 6.71. The summed E-state index contributed by atoms with van der Waals surface area (Å²) < 4.78 is 19.3. The summed E-state index contributed by atoms with van der Waals surface area (Å²) in [5.41, 5.74) is 5.75. The number of rotatable bonds is 4. The molecule has 0 radical (unpaired) electrons. The van der Waals surface area contributed by atoms with E-state index in [0.29, 0.717) is 8.95 Å². The van der Waals surface area contributed by atoms with E-state index in [1.54, 1.807) is 13.0 Å². The Bertz CT molecular complexity index is 456. The number of aromatic hydroxyl groups is 1. The highest BCUT2D eigenvalue weighted by Gasteiger charge is 2.30. The first-order valence-electron chi connectivity index (χ1n) is 5.12. The lowest BCUT2D eigenvalue weighted by atomic mass is 10.0. The second kappa shape index (κ2) is 6.49. The lowest BCUT2D eigenvalue weighted by molar-refractivity contribution is -0.149. The Morgan fingerprint density at radius 2 is 2.17 bits per heavy atom. The molecule has 100 valence electrons. The summed E-state index contributed by atoms with van der Waals surface area (Å²) in [6.45, 7) is 1.64. The molecule has 1 aromatic rings. The van der Waals surface area contributed by atoms with Gasteiger partial charge in [-0.2, -0.15) is 0 Å². The third-order valence-electron chi connectivity index (χ3n) is 2.24. The van der Waals surface area contributed by atoms with Crippen LogP contribution in [0.4, 0.5) is 4.39 Å². The van der Waals surface area contributed by atoms with Crippen molar-refractivity contribution in [3.8, 4) is 5.75 Å². The Hall–Kier alpha value is -0.660. The molecular formula is C11H12Br2FNO3. The van der Waals surface area contributed by atoms with Crippen molar-refractivity contribution in [1.82, 2.24) is 0 Å². The predicted molar refractivity (Wildman–Crippen MR) is 72.0 cm³/mol. The summed E-state index contributed by atoms with van der Waals surface area (Å²) in [6, 6.07) is 1.75. The molecule has 18 heavy (non-hydrogen) atoms. The fraction of sp³-hybridized carbons (Fsp3) is 0.364. The van der Waals surface area contributed by atoms with Gasteiger partial charge in [0.25, 0.3) is 0 Å². The normalized spacial score (nSPS) is 14.1. The molecule has 0 amide bonds. The molecule has 0 fully saturated rings. The second-order valence-corrected chi connectivity index (χ2v) is 5.28. The highest BCUT2D eigenvalue weighted by atomic mass is 79.9. The number of ether oxygens (including phenoxy) is 1. The molecule has 1 unspecified atom stereocenters. The third kappa shape index (κ3) is 3.43. The van der Waals surface area contributed by atoms with E-state index in [1.807, 2.05) is 0 Å². The summed E-state index contributed by atoms with van der Waals surface area (Å²) in [7, 11) is 0. The molecule has 1 aromatic carbocycles. The quantitative estimate of drug-likeness (QED) is 0.783. The van der Waals surface area contributed by atoms with E-state index in [0.717, 1.165) is 0 Å². The van der Waals surface area contributed by atoms with Crippen LogP contribution in [0.5, 0.6) is 5.75 Å². The Morgan fingerprint density at radius 3 is 2.72 bits per heavy atom. The van der Waals surface area contributed by atoms with Gasteiger partial charge in [-0.15, -0.1) is 0 Å². The number of nitrogens with two attached hydrogens (primary N) is 1. The number of carbonyl (C=O) groups is 1. The minimum Gasteiger partial charge on any atom is -0.506 e. The van der Waals surface area contributed by atoms with Gasteiger partial charge in [-0.25, -0.2) is 9.18 Å². The van der Waals surface area contributed by atoms with Crippen molar-refractivity contribution >= 4 is 37.8 Å². The van der Waals surface area contributed by atoms with Crippen molar-refractivity contribution in [2.75, 3.05) is 6.61 Å². The molecule has 0 spiro atoms. The Balaban J connectivity index is 3.03. The molecule has 0 aromatic heterocycles. The Morgan fingerprint density at radius 1 is 1.56 bits per heavy atom. The van der Waals surface area contributed by atoms with Crippen molar-refractivity contribution < 1.29 is 19.0 Å². The molecule has 2 atom stereocenters. The number of benzene rings is 1. The van der Waals surface area contributed by atoms with Crippen LogP contribution in [0.2, 0.25) is 0 Å². The number of hydrogen-bond acceptors (Lipinski definition) is 4. The highest BCUT2D eigenvalue weighted by molar-refractivity contribution is 9.11. The standard InChI is InChI=1S/C11H12Br2FNO3/c1-2-18-11(17)8(14)9(15)6-3-5(12)4-7(13)10(6)16/h3-4,8-9,16H,2,15H2,1H3/t8?,9-/m0/s1. The van der Waals surface area contributed by atoms with Crippen LogP contribution < -0.4 is 5.73 Å². The van der Waals surface area contributed by atoms with E-state index in [9.17, 15) is 14.3 Å². The fourth-order valence-corrected chi connectivity index (χ4v) is 2.62. The Labute approximate surface area is 121 Å². The van der Waals surface area contributed by atoms with E-state index in [2.05, 4.69) is 36.6 Å². The van der Waals surface area contributed by atoms with Gasteiger partial charge in [0.2, 0.25) is 6.17 Å². The van der Waals surface area contributed by atoms with Crippen molar-refractivity contribution in [2.24, 2.45) is 5.73 Å². The molecule has 4 nitrogen and oxygen atoms in total. The zero-order valence-corrected chi connectivity index (χ0v) is 12.7. The minimum atomic E-state index is -2.03. The summed E-state index contributed by atoms with van der Waals surface area (Å²) in [5.74, 6) is -1.24. The zero-order valence-electron chi connectivity index (χ0n) is 9.49. The van der Waals surface area contributed by atoms with Crippen LogP contribution in [-0.2, 0) is 9.53 Å². The van der Waals surface area contributed by atoms with Crippen LogP contribution in [0, 0.1) is 0 Å². The maximum Gasteiger partial charge on any atom is 0.342 e. The molecule has 0 heterocycles. The monoisotopic (exact) mass is 383 g/mol. The topological polar surface area (TPSA) is 72.5 Å². The van der Waals surface area contributed by atoms with Gasteiger partial charge in [-0.3, -0.25) is 0 Å². The van der Waals surface area contributed by atoms with Gasteiger partial charge in [0.15, 0.2) is 0 Å². The summed E-state index contributed by atoms with van der Waals surface area (Å²) in [6.07, 6.45) is -2.03. The van der Waals surface area contributed by atoms with E-state index in [-0.39, 0.29) is 17.9 Å². The predicted octanol–water partition coefficient (Wildman–Crippen LogP) is 2.82. The molecule has 0 aliphatic heterocycles. The average molecular weight is 385 g/mol. The van der Waals surface area contributed by atoms with Crippen LogP contribution in [0.25, 0.3) is 0 Å². The maximum atomic E-state index is 13.8. The first kappa shape index (κ1) is 15.4.